The van der Waals surface area contributed by atoms with E-state index >= 15 is 0 Å². The van der Waals surface area contributed by atoms with Gasteiger partial charge in [0.05, 0.1) is 4.90 Å². The van der Waals surface area contributed by atoms with Crippen molar-refractivity contribution in [3.8, 4) is 5.75 Å². The molecule has 0 aliphatic carbocycles. The van der Waals surface area contributed by atoms with Crippen LogP contribution < -0.4 is 4.74 Å². The molecule has 166 valence electrons. The van der Waals surface area contributed by atoms with Crippen LogP contribution in [-0.4, -0.2) is 66.5 Å². The highest BCUT2D eigenvalue weighted by Crippen LogP contribution is 2.25. The highest BCUT2D eigenvalue weighted by molar-refractivity contribution is 7.89. The van der Waals surface area contributed by atoms with Crippen LogP contribution in [0.4, 0.5) is 13.2 Å². The van der Waals surface area contributed by atoms with Crippen molar-refractivity contribution in [3.63, 3.8) is 0 Å². The molecule has 1 aliphatic heterocycles. The molecule has 0 bridgehead atoms. The predicted molar refractivity (Wildman–Crippen MR) is 104 cm³/mol. The standard InChI is InChI=1S/C19H25F3N4O3S/c20-19(21,22)29-17-5-7-18(8-6-17)30(27,28)26-15-13-24(14-16-26)10-2-1-3-11-25-12-4-9-23-25/h4-9,12H,1-3,10-11,13-16H2. The van der Waals surface area contributed by atoms with Gasteiger partial charge in [-0.1, -0.05) is 6.42 Å². The Morgan fingerprint density at radius 3 is 2.23 bits per heavy atom. The van der Waals surface area contributed by atoms with Crippen molar-refractivity contribution in [3.05, 3.63) is 42.7 Å². The van der Waals surface area contributed by atoms with E-state index in [4.69, 9.17) is 0 Å². The van der Waals surface area contributed by atoms with Crippen molar-refractivity contribution in [2.75, 3.05) is 32.7 Å². The molecule has 0 unspecified atom stereocenters. The van der Waals surface area contributed by atoms with Crippen molar-refractivity contribution in [1.29, 1.82) is 0 Å². The minimum atomic E-state index is -4.81. The van der Waals surface area contributed by atoms with Crippen molar-refractivity contribution < 1.29 is 26.3 Å². The lowest BCUT2D eigenvalue weighted by molar-refractivity contribution is -0.274. The normalized spacial score (nSPS) is 16.6. The number of hydrogen-bond acceptors (Lipinski definition) is 5. The molecule has 0 spiro atoms. The van der Waals surface area contributed by atoms with Gasteiger partial charge >= 0.3 is 6.36 Å². The molecule has 1 aliphatic rings. The quantitative estimate of drug-likeness (QED) is 0.554. The Bertz CT molecular complexity index is 879. The topological polar surface area (TPSA) is 67.7 Å². The second kappa shape index (κ2) is 9.80. The molecule has 0 radical (unpaired) electrons. The van der Waals surface area contributed by atoms with Crippen LogP contribution in [0.3, 0.4) is 0 Å². The molecule has 1 saturated heterocycles. The zero-order valence-corrected chi connectivity index (χ0v) is 17.3. The third-order valence-electron chi connectivity index (χ3n) is 4.95. The molecule has 0 saturated carbocycles. The molecule has 3 rings (SSSR count). The number of sulfonamides is 1. The minimum absolute atomic E-state index is 0.0379. The number of ether oxygens (including phenoxy) is 1. The number of aryl methyl sites for hydroxylation is 1. The summed E-state index contributed by atoms with van der Waals surface area (Å²) in [5, 5.41) is 4.17. The van der Waals surface area contributed by atoms with Crippen LogP contribution in [0, 0.1) is 0 Å². The summed E-state index contributed by atoms with van der Waals surface area (Å²) in [4.78, 5) is 2.20. The second-order valence-corrected chi connectivity index (χ2v) is 9.03. The number of benzene rings is 1. The average molecular weight is 446 g/mol. The van der Waals surface area contributed by atoms with Crippen LogP contribution in [0.2, 0.25) is 0 Å². The van der Waals surface area contributed by atoms with Crippen LogP contribution in [0.15, 0.2) is 47.6 Å². The van der Waals surface area contributed by atoms with Gasteiger partial charge in [0.2, 0.25) is 10.0 Å². The monoisotopic (exact) mass is 446 g/mol. The SMILES string of the molecule is O=S(=O)(c1ccc(OC(F)(F)F)cc1)N1CCN(CCCCCn2cccn2)CC1. The summed E-state index contributed by atoms with van der Waals surface area (Å²) in [7, 11) is -3.74. The van der Waals surface area contributed by atoms with E-state index in [1.54, 1.807) is 6.20 Å². The van der Waals surface area contributed by atoms with Gasteiger partial charge in [0.25, 0.3) is 0 Å². The van der Waals surface area contributed by atoms with Gasteiger partial charge in [-0.05, 0) is 49.7 Å². The maximum atomic E-state index is 12.7. The molecule has 2 aromatic rings. The molecular formula is C19H25F3N4O3S. The maximum Gasteiger partial charge on any atom is 0.573 e. The number of alkyl halides is 3. The first-order valence-corrected chi connectivity index (χ1v) is 11.2. The first-order valence-electron chi connectivity index (χ1n) is 9.80. The van der Waals surface area contributed by atoms with Crippen molar-refractivity contribution >= 4 is 10.0 Å². The minimum Gasteiger partial charge on any atom is -0.406 e. The average Bonchev–Trinajstić information content (AvgIpc) is 3.21. The first kappa shape index (κ1) is 22.6. The van der Waals surface area contributed by atoms with Crippen LogP contribution in [0.5, 0.6) is 5.75 Å². The van der Waals surface area contributed by atoms with Crippen LogP contribution in [-0.2, 0) is 16.6 Å². The fourth-order valence-electron chi connectivity index (χ4n) is 3.37. The van der Waals surface area contributed by atoms with E-state index in [1.807, 2.05) is 16.9 Å². The van der Waals surface area contributed by atoms with E-state index in [1.165, 1.54) is 4.31 Å². The summed E-state index contributed by atoms with van der Waals surface area (Å²) >= 11 is 0. The van der Waals surface area contributed by atoms with Crippen LogP contribution >= 0.6 is 0 Å². The zero-order valence-electron chi connectivity index (χ0n) is 16.5. The number of nitrogens with zero attached hydrogens (tertiary/aromatic N) is 4. The van der Waals surface area contributed by atoms with E-state index in [9.17, 15) is 21.6 Å². The van der Waals surface area contributed by atoms with E-state index in [2.05, 4.69) is 14.7 Å². The molecule has 0 N–H and O–H groups in total. The largest absolute Gasteiger partial charge is 0.573 e. The van der Waals surface area contributed by atoms with Gasteiger partial charge in [-0.3, -0.25) is 4.68 Å². The van der Waals surface area contributed by atoms with Gasteiger partial charge in [-0.25, -0.2) is 8.42 Å². The Labute approximate surface area is 174 Å². The molecule has 1 aromatic heterocycles. The molecule has 7 nitrogen and oxygen atoms in total. The van der Waals surface area contributed by atoms with E-state index < -0.39 is 22.1 Å². The number of piperazine rings is 1. The smallest absolute Gasteiger partial charge is 0.406 e. The number of hydrogen-bond donors (Lipinski definition) is 0. The molecule has 30 heavy (non-hydrogen) atoms. The van der Waals surface area contributed by atoms with Gasteiger partial charge in [0.15, 0.2) is 0 Å². The van der Waals surface area contributed by atoms with E-state index in [-0.39, 0.29) is 4.90 Å². The molecule has 1 aromatic carbocycles. The third kappa shape index (κ3) is 6.44. The molecular weight excluding hydrogens is 421 g/mol. The lowest BCUT2D eigenvalue weighted by Gasteiger charge is -2.34. The van der Waals surface area contributed by atoms with E-state index in [0.717, 1.165) is 56.6 Å². The molecule has 1 fully saturated rings. The highest BCUT2D eigenvalue weighted by atomic mass is 32.2. The van der Waals surface area contributed by atoms with Crippen LogP contribution in [0.1, 0.15) is 19.3 Å². The van der Waals surface area contributed by atoms with Crippen LogP contribution in [0.25, 0.3) is 0 Å². The molecule has 2 heterocycles. The molecule has 11 heteroatoms. The summed E-state index contributed by atoms with van der Waals surface area (Å²) in [5.41, 5.74) is 0. The Balaban J connectivity index is 1.42. The van der Waals surface area contributed by atoms with Gasteiger partial charge < -0.3 is 9.64 Å². The third-order valence-corrected chi connectivity index (χ3v) is 6.86. The fourth-order valence-corrected chi connectivity index (χ4v) is 4.80. The first-order chi connectivity index (χ1) is 14.2. The predicted octanol–water partition coefficient (Wildman–Crippen LogP) is 2.96. The van der Waals surface area contributed by atoms with Crippen molar-refractivity contribution in [2.24, 2.45) is 0 Å². The maximum absolute atomic E-state index is 12.7. The zero-order chi connectivity index (χ0) is 21.6. The van der Waals surface area contributed by atoms with E-state index in [0.29, 0.717) is 26.2 Å². The number of rotatable bonds is 9. The van der Waals surface area contributed by atoms with Gasteiger partial charge in [0.1, 0.15) is 5.75 Å². The van der Waals surface area contributed by atoms with Gasteiger partial charge in [-0.2, -0.15) is 9.40 Å². The lowest BCUT2D eigenvalue weighted by Crippen LogP contribution is -2.48. The summed E-state index contributed by atoms with van der Waals surface area (Å²) in [6, 6.07) is 6.21. The molecule has 0 amide bonds. The van der Waals surface area contributed by atoms with Gasteiger partial charge in [0, 0.05) is 45.1 Å². The Morgan fingerprint density at radius 1 is 0.967 bits per heavy atom. The fraction of sp³-hybridized carbons (Fsp3) is 0.526. The van der Waals surface area contributed by atoms with Crippen molar-refractivity contribution in [2.45, 2.75) is 37.1 Å². The van der Waals surface area contributed by atoms with Crippen molar-refractivity contribution in [1.82, 2.24) is 19.0 Å². The summed E-state index contributed by atoms with van der Waals surface area (Å²) in [6.45, 7) is 3.79. The summed E-state index contributed by atoms with van der Waals surface area (Å²) in [5.74, 6) is -0.446. The summed E-state index contributed by atoms with van der Waals surface area (Å²) < 4.78 is 69.3. The second-order valence-electron chi connectivity index (χ2n) is 7.09. The number of aromatic nitrogens is 2. The van der Waals surface area contributed by atoms with Gasteiger partial charge in [-0.15, -0.1) is 13.2 Å². The lowest BCUT2D eigenvalue weighted by atomic mass is 10.2. The number of halogens is 3. The Kier molecular flexibility index (Phi) is 7.37. The number of unbranched alkanes of at least 4 members (excludes halogenated alkanes) is 2. The highest BCUT2D eigenvalue weighted by Gasteiger charge is 2.32. The summed E-state index contributed by atoms with van der Waals surface area (Å²) in [6.07, 6.45) is 2.05. The molecule has 0 atom stereocenters. The Hall–Kier alpha value is -2.11. The Morgan fingerprint density at radius 2 is 1.63 bits per heavy atom.